The lowest BCUT2D eigenvalue weighted by atomic mass is 10.1. The molecule has 0 aromatic heterocycles. The van der Waals surface area contributed by atoms with Gasteiger partial charge in [0, 0.05) is 6.04 Å². The summed E-state index contributed by atoms with van der Waals surface area (Å²) >= 11 is 6.04. The fourth-order valence-electron chi connectivity index (χ4n) is 1.36. The van der Waals surface area contributed by atoms with E-state index < -0.39 is 6.10 Å². The second kappa shape index (κ2) is 5.74. The Kier molecular flexibility index (Phi) is 4.60. The summed E-state index contributed by atoms with van der Waals surface area (Å²) in [5, 5.41) is 9.14. The smallest absolute Gasteiger partial charge is 0.181 e. The summed E-state index contributed by atoms with van der Waals surface area (Å²) in [4.78, 5) is 0. The van der Waals surface area contributed by atoms with E-state index in [0.717, 1.165) is 12.0 Å². The Morgan fingerprint density at radius 1 is 1.50 bits per heavy atom. The summed E-state index contributed by atoms with van der Waals surface area (Å²) in [6, 6.07) is 7.59. The average Bonchev–Trinajstić information content (AvgIpc) is 2.21. The largest absolute Gasteiger partial charge is 0.474 e. The Morgan fingerprint density at radius 3 is 2.69 bits per heavy atom. The van der Waals surface area contributed by atoms with Crippen molar-refractivity contribution in [3.05, 3.63) is 28.8 Å². The first-order valence-electron chi connectivity index (χ1n) is 5.13. The maximum atomic E-state index is 8.63. The molecule has 0 radical (unpaired) electrons. The molecule has 0 aliphatic heterocycles. The zero-order chi connectivity index (χ0) is 12.1. The van der Waals surface area contributed by atoms with Crippen LogP contribution >= 0.6 is 11.6 Å². The van der Waals surface area contributed by atoms with E-state index in [1.807, 2.05) is 25.1 Å². The van der Waals surface area contributed by atoms with Crippen molar-refractivity contribution < 1.29 is 4.74 Å². The number of halogens is 1. The summed E-state index contributed by atoms with van der Waals surface area (Å²) in [6.07, 6.45) is 0.269. The van der Waals surface area contributed by atoms with Gasteiger partial charge in [0.05, 0.1) is 5.02 Å². The number of nitrogens with two attached hydrogens (primary N) is 1. The van der Waals surface area contributed by atoms with Crippen LogP contribution in [-0.2, 0) is 6.42 Å². The molecule has 0 aliphatic rings. The van der Waals surface area contributed by atoms with Gasteiger partial charge in [-0.15, -0.1) is 0 Å². The molecule has 2 N–H and O–H groups in total. The zero-order valence-electron chi connectivity index (χ0n) is 9.40. The molecule has 2 atom stereocenters. The molecule has 0 amide bonds. The molecule has 1 aromatic rings. The summed E-state index contributed by atoms with van der Waals surface area (Å²) in [7, 11) is 0. The minimum Gasteiger partial charge on any atom is -0.474 e. The fourth-order valence-corrected chi connectivity index (χ4v) is 1.60. The second-order valence-electron chi connectivity index (χ2n) is 3.84. The van der Waals surface area contributed by atoms with Crippen molar-refractivity contribution in [3.63, 3.8) is 0 Å². The first-order chi connectivity index (χ1) is 7.52. The Hall–Kier alpha value is -1.24. The lowest BCUT2D eigenvalue weighted by molar-refractivity contribution is 0.276. The summed E-state index contributed by atoms with van der Waals surface area (Å²) in [5.74, 6) is 0.532. The summed E-state index contributed by atoms with van der Waals surface area (Å²) in [6.45, 7) is 3.61. The van der Waals surface area contributed by atoms with E-state index in [1.54, 1.807) is 13.0 Å². The molecule has 2 unspecified atom stereocenters. The molecule has 4 heteroatoms. The third-order valence-corrected chi connectivity index (χ3v) is 2.33. The Labute approximate surface area is 101 Å². The quantitative estimate of drug-likeness (QED) is 0.877. The molecular formula is C12H15ClN2O. The molecule has 0 fully saturated rings. The van der Waals surface area contributed by atoms with Crippen LogP contribution in [0.25, 0.3) is 0 Å². The van der Waals surface area contributed by atoms with E-state index in [0.29, 0.717) is 10.8 Å². The van der Waals surface area contributed by atoms with Gasteiger partial charge in [0.1, 0.15) is 11.8 Å². The number of rotatable bonds is 4. The van der Waals surface area contributed by atoms with Crippen molar-refractivity contribution in [2.75, 3.05) is 0 Å². The van der Waals surface area contributed by atoms with E-state index in [1.165, 1.54) is 0 Å². The van der Waals surface area contributed by atoms with Gasteiger partial charge in [0.15, 0.2) is 6.10 Å². The topological polar surface area (TPSA) is 59.0 Å². The van der Waals surface area contributed by atoms with Crippen LogP contribution < -0.4 is 10.5 Å². The molecule has 1 rings (SSSR count). The Morgan fingerprint density at radius 2 is 2.19 bits per heavy atom. The summed E-state index contributed by atoms with van der Waals surface area (Å²) in [5.41, 5.74) is 6.76. The van der Waals surface area contributed by atoms with Crippen LogP contribution in [0.5, 0.6) is 5.75 Å². The number of nitrogens with zero attached hydrogens (tertiary/aromatic N) is 1. The van der Waals surface area contributed by atoms with E-state index >= 15 is 0 Å². The van der Waals surface area contributed by atoms with Gasteiger partial charge in [-0.3, -0.25) is 0 Å². The van der Waals surface area contributed by atoms with Crippen LogP contribution in [0.1, 0.15) is 19.4 Å². The first-order valence-corrected chi connectivity index (χ1v) is 5.51. The van der Waals surface area contributed by atoms with Crippen molar-refractivity contribution >= 4 is 11.6 Å². The van der Waals surface area contributed by atoms with Gasteiger partial charge in [-0.1, -0.05) is 17.7 Å². The second-order valence-corrected chi connectivity index (χ2v) is 4.24. The molecule has 1 aromatic carbocycles. The number of hydrogen-bond donors (Lipinski definition) is 1. The predicted molar refractivity (Wildman–Crippen MR) is 64.5 cm³/mol. The predicted octanol–water partition coefficient (Wildman–Crippen LogP) is 2.52. The molecule has 0 bridgehead atoms. The first kappa shape index (κ1) is 12.8. The van der Waals surface area contributed by atoms with Crippen molar-refractivity contribution in [3.8, 4) is 11.8 Å². The van der Waals surface area contributed by atoms with Crippen molar-refractivity contribution in [1.29, 1.82) is 5.26 Å². The van der Waals surface area contributed by atoms with Gasteiger partial charge in [0.25, 0.3) is 0 Å². The Balaban J connectivity index is 2.80. The SMILES string of the molecule is CC(N)Cc1ccc(OC(C)C#N)c(Cl)c1. The average molecular weight is 239 g/mol. The molecule has 0 spiro atoms. The van der Waals surface area contributed by atoms with Crippen molar-refractivity contribution in [2.24, 2.45) is 5.73 Å². The van der Waals surface area contributed by atoms with E-state index in [-0.39, 0.29) is 6.04 Å². The zero-order valence-corrected chi connectivity index (χ0v) is 10.2. The van der Waals surface area contributed by atoms with Crippen molar-refractivity contribution in [2.45, 2.75) is 32.4 Å². The van der Waals surface area contributed by atoms with E-state index in [9.17, 15) is 0 Å². The van der Waals surface area contributed by atoms with Crippen LogP contribution in [0, 0.1) is 11.3 Å². The highest BCUT2D eigenvalue weighted by Crippen LogP contribution is 2.26. The minimum absolute atomic E-state index is 0.0980. The lowest BCUT2D eigenvalue weighted by Gasteiger charge is -2.11. The third-order valence-electron chi connectivity index (χ3n) is 2.04. The van der Waals surface area contributed by atoms with E-state index in [2.05, 4.69) is 0 Å². The lowest BCUT2D eigenvalue weighted by Crippen LogP contribution is -2.17. The van der Waals surface area contributed by atoms with Gasteiger partial charge >= 0.3 is 0 Å². The van der Waals surface area contributed by atoms with Crippen molar-refractivity contribution in [1.82, 2.24) is 0 Å². The number of ether oxygens (including phenoxy) is 1. The molecule has 0 saturated carbocycles. The molecule has 3 nitrogen and oxygen atoms in total. The van der Waals surface area contributed by atoms with Crippen LogP contribution in [0.3, 0.4) is 0 Å². The number of nitriles is 1. The highest BCUT2D eigenvalue weighted by Gasteiger charge is 2.07. The standard InChI is InChI=1S/C12H15ClN2O/c1-8(15)5-10-3-4-12(11(13)6-10)16-9(2)7-14/h3-4,6,8-9H,5,15H2,1-2H3. The molecule has 0 heterocycles. The van der Waals surface area contributed by atoms with E-state index in [4.69, 9.17) is 27.3 Å². The molecular weight excluding hydrogens is 224 g/mol. The molecule has 0 aliphatic carbocycles. The van der Waals surface area contributed by atoms with Crippen LogP contribution in [-0.4, -0.2) is 12.1 Å². The fraction of sp³-hybridized carbons (Fsp3) is 0.417. The minimum atomic E-state index is -0.503. The van der Waals surface area contributed by atoms with Crippen LogP contribution in [0.15, 0.2) is 18.2 Å². The number of benzene rings is 1. The van der Waals surface area contributed by atoms with Gasteiger partial charge in [-0.2, -0.15) is 5.26 Å². The van der Waals surface area contributed by atoms with Gasteiger partial charge in [0.2, 0.25) is 0 Å². The highest BCUT2D eigenvalue weighted by molar-refractivity contribution is 6.32. The van der Waals surface area contributed by atoms with Crippen LogP contribution in [0.4, 0.5) is 0 Å². The van der Waals surface area contributed by atoms with Gasteiger partial charge in [-0.25, -0.2) is 0 Å². The number of hydrogen-bond acceptors (Lipinski definition) is 3. The molecule has 86 valence electrons. The maximum absolute atomic E-state index is 8.63. The third kappa shape index (κ3) is 3.73. The van der Waals surface area contributed by atoms with Crippen LogP contribution in [0.2, 0.25) is 5.02 Å². The monoisotopic (exact) mass is 238 g/mol. The highest BCUT2D eigenvalue weighted by atomic mass is 35.5. The normalized spacial score (nSPS) is 13.9. The molecule has 0 saturated heterocycles. The van der Waals surface area contributed by atoms with Gasteiger partial charge < -0.3 is 10.5 Å². The Bertz CT molecular complexity index is 398. The summed E-state index contributed by atoms with van der Waals surface area (Å²) < 4.78 is 5.33. The maximum Gasteiger partial charge on any atom is 0.181 e. The molecule has 16 heavy (non-hydrogen) atoms. The van der Waals surface area contributed by atoms with Gasteiger partial charge in [-0.05, 0) is 38.0 Å².